The largest absolute Gasteiger partial charge is 0.481 e. The van der Waals surface area contributed by atoms with Crippen LogP contribution in [0.1, 0.15) is 24.8 Å². The summed E-state index contributed by atoms with van der Waals surface area (Å²) in [6.07, 6.45) is 4.04. The third-order valence-electron chi connectivity index (χ3n) is 3.25. The number of aliphatic carboxylic acids is 1. The van der Waals surface area contributed by atoms with Gasteiger partial charge in [0.25, 0.3) is 5.91 Å². The van der Waals surface area contributed by atoms with Crippen molar-refractivity contribution < 1.29 is 14.7 Å². The number of thiocarbonyl (C=S) groups is 1. The van der Waals surface area contributed by atoms with Crippen LogP contribution in [0.2, 0.25) is 0 Å². The highest BCUT2D eigenvalue weighted by Gasteiger charge is 2.31. The Kier molecular flexibility index (Phi) is 6.15. The molecule has 6 heteroatoms. The zero-order valence-electron chi connectivity index (χ0n) is 12.0. The van der Waals surface area contributed by atoms with Crippen molar-refractivity contribution in [2.24, 2.45) is 0 Å². The number of hydrogen-bond acceptors (Lipinski definition) is 4. The topological polar surface area (TPSA) is 57.6 Å². The number of carbonyl (C=O) groups is 2. The summed E-state index contributed by atoms with van der Waals surface area (Å²) in [7, 11) is 0. The van der Waals surface area contributed by atoms with Gasteiger partial charge in [-0.1, -0.05) is 60.4 Å². The number of rotatable bonds is 7. The molecule has 2 rings (SSSR count). The standard InChI is InChI=1S/C16H17NO3S2/c18-14(19)10-5-11-17-15(20)13(22-16(17)21)9-4-8-12-6-2-1-3-7-12/h1-3,6-7,9H,4-5,8,10-11H2,(H,18,19)/b13-9-. The second-order valence-electron chi connectivity index (χ2n) is 4.91. The molecule has 4 nitrogen and oxygen atoms in total. The van der Waals surface area contributed by atoms with Crippen LogP contribution in [0.15, 0.2) is 41.3 Å². The monoisotopic (exact) mass is 335 g/mol. The molecule has 1 fully saturated rings. The van der Waals surface area contributed by atoms with Crippen LogP contribution >= 0.6 is 24.0 Å². The Bertz CT molecular complexity index is 599. The van der Waals surface area contributed by atoms with E-state index in [1.54, 1.807) is 0 Å². The Morgan fingerprint density at radius 2 is 2.05 bits per heavy atom. The molecular weight excluding hydrogens is 318 g/mol. The maximum absolute atomic E-state index is 12.2. The summed E-state index contributed by atoms with van der Waals surface area (Å²) in [6, 6.07) is 10.1. The quantitative estimate of drug-likeness (QED) is 0.612. The normalized spacial score (nSPS) is 16.5. The molecule has 1 aliphatic rings. The Labute approximate surface area is 139 Å². The first-order chi connectivity index (χ1) is 10.6. The average Bonchev–Trinajstić information content (AvgIpc) is 2.76. The first-order valence-corrected chi connectivity index (χ1v) is 8.30. The Morgan fingerprint density at radius 1 is 1.32 bits per heavy atom. The highest BCUT2D eigenvalue weighted by Crippen LogP contribution is 2.31. The molecule has 0 bridgehead atoms. The number of hydrogen-bond donors (Lipinski definition) is 1. The molecule has 1 aromatic carbocycles. The highest BCUT2D eigenvalue weighted by atomic mass is 32.2. The van der Waals surface area contributed by atoms with Gasteiger partial charge in [-0.25, -0.2) is 0 Å². The fraction of sp³-hybridized carbons (Fsp3) is 0.312. The number of benzene rings is 1. The van der Waals surface area contributed by atoms with E-state index in [0.717, 1.165) is 12.8 Å². The van der Waals surface area contributed by atoms with Crippen LogP contribution in [-0.4, -0.2) is 32.7 Å². The number of thioether (sulfide) groups is 1. The van der Waals surface area contributed by atoms with Crippen LogP contribution < -0.4 is 0 Å². The number of amides is 1. The number of carbonyl (C=O) groups excluding carboxylic acids is 1. The van der Waals surface area contributed by atoms with E-state index < -0.39 is 5.97 Å². The van der Waals surface area contributed by atoms with Gasteiger partial charge in [0.05, 0.1) is 4.91 Å². The smallest absolute Gasteiger partial charge is 0.303 e. The molecule has 0 aliphatic carbocycles. The van der Waals surface area contributed by atoms with Gasteiger partial charge in [0, 0.05) is 13.0 Å². The van der Waals surface area contributed by atoms with E-state index in [-0.39, 0.29) is 12.3 Å². The Hall–Kier alpha value is -1.66. The van der Waals surface area contributed by atoms with Crippen LogP contribution in [0, 0.1) is 0 Å². The first kappa shape index (κ1) is 16.7. The second kappa shape index (κ2) is 8.10. The summed E-state index contributed by atoms with van der Waals surface area (Å²) < 4.78 is 0.515. The van der Waals surface area contributed by atoms with Gasteiger partial charge in [-0.05, 0) is 24.8 Å². The van der Waals surface area contributed by atoms with Crippen LogP contribution in [0.5, 0.6) is 0 Å². The van der Waals surface area contributed by atoms with E-state index >= 15 is 0 Å². The van der Waals surface area contributed by atoms with E-state index in [2.05, 4.69) is 12.1 Å². The molecule has 0 unspecified atom stereocenters. The lowest BCUT2D eigenvalue weighted by Crippen LogP contribution is -2.29. The predicted octanol–water partition coefficient (Wildman–Crippen LogP) is 3.23. The molecule has 116 valence electrons. The van der Waals surface area contributed by atoms with E-state index in [0.29, 0.717) is 22.2 Å². The molecule has 0 saturated carbocycles. The van der Waals surface area contributed by atoms with Crippen molar-refractivity contribution in [2.75, 3.05) is 6.54 Å². The first-order valence-electron chi connectivity index (χ1n) is 7.07. The summed E-state index contributed by atoms with van der Waals surface area (Å²) in [5.74, 6) is -0.961. The van der Waals surface area contributed by atoms with Crippen molar-refractivity contribution in [3.8, 4) is 0 Å². The van der Waals surface area contributed by atoms with Crippen molar-refractivity contribution in [3.63, 3.8) is 0 Å². The van der Waals surface area contributed by atoms with E-state index in [1.807, 2.05) is 24.3 Å². The maximum atomic E-state index is 12.2. The lowest BCUT2D eigenvalue weighted by Gasteiger charge is -2.13. The molecule has 0 atom stereocenters. The molecule has 1 amide bonds. The maximum Gasteiger partial charge on any atom is 0.303 e. The molecule has 1 aromatic rings. The van der Waals surface area contributed by atoms with Gasteiger partial charge in [-0.15, -0.1) is 0 Å². The van der Waals surface area contributed by atoms with Crippen molar-refractivity contribution in [2.45, 2.75) is 25.7 Å². The van der Waals surface area contributed by atoms with Crippen molar-refractivity contribution in [3.05, 3.63) is 46.9 Å². The number of carboxylic acids is 1. The van der Waals surface area contributed by atoms with Gasteiger partial charge in [-0.2, -0.15) is 0 Å². The Morgan fingerprint density at radius 3 is 2.73 bits per heavy atom. The zero-order valence-corrected chi connectivity index (χ0v) is 13.7. The number of carboxylic acid groups (broad SMARTS) is 1. The summed E-state index contributed by atoms with van der Waals surface area (Å²) in [5.41, 5.74) is 1.23. The fourth-order valence-corrected chi connectivity index (χ4v) is 3.45. The van der Waals surface area contributed by atoms with E-state index in [9.17, 15) is 9.59 Å². The van der Waals surface area contributed by atoms with Gasteiger partial charge < -0.3 is 5.11 Å². The van der Waals surface area contributed by atoms with Gasteiger partial charge in [-0.3, -0.25) is 14.5 Å². The van der Waals surface area contributed by atoms with E-state index in [1.165, 1.54) is 22.2 Å². The second-order valence-corrected chi connectivity index (χ2v) is 6.59. The molecule has 0 aromatic heterocycles. The highest BCUT2D eigenvalue weighted by molar-refractivity contribution is 8.26. The molecule has 1 N–H and O–H groups in total. The predicted molar refractivity (Wildman–Crippen MR) is 91.6 cm³/mol. The molecule has 1 heterocycles. The van der Waals surface area contributed by atoms with Crippen molar-refractivity contribution >= 4 is 40.2 Å². The van der Waals surface area contributed by atoms with Crippen LogP contribution in [-0.2, 0) is 16.0 Å². The van der Waals surface area contributed by atoms with Gasteiger partial charge in [0.1, 0.15) is 4.32 Å². The summed E-state index contributed by atoms with van der Waals surface area (Å²) in [4.78, 5) is 24.9. The molecule has 1 saturated heterocycles. The van der Waals surface area contributed by atoms with Crippen LogP contribution in [0.4, 0.5) is 0 Å². The summed E-state index contributed by atoms with van der Waals surface area (Å²) in [5, 5.41) is 8.64. The molecular formula is C16H17NO3S2. The minimum atomic E-state index is -0.858. The number of aryl methyl sites for hydroxylation is 1. The zero-order chi connectivity index (χ0) is 15.9. The van der Waals surface area contributed by atoms with Gasteiger partial charge in [0.15, 0.2) is 0 Å². The summed E-state index contributed by atoms with van der Waals surface area (Å²) in [6.45, 7) is 0.368. The van der Waals surface area contributed by atoms with Crippen molar-refractivity contribution in [1.82, 2.24) is 4.90 Å². The average molecular weight is 335 g/mol. The molecule has 1 aliphatic heterocycles. The fourth-order valence-electron chi connectivity index (χ4n) is 2.13. The van der Waals surface area contributed by atoms with Crippen LogP contribution in [0.25, 0.3) is 0 Å². The minimum Gasteiger partial charge on any atom is -0.481 e. The molecule has 0 radical (unpaired) electrons. The van der Waals surface area contributed by atoms with Crippen molar-refractivity contribution in [1.29, 1.82) is 0 Å². The third-order valence-corrected chi connectivity index (χ3v) is 4.68. The Balaban J connectivity index is 1.87. The third kappa shape index (κ3) is 4.68. The van der Waals surface area contributed by atoms with Gasteiger partial charge in [0.2, 0.25) is 0 Å². The minimum absolute atomic E-state index is 0.0457. The van der Waals surface area contributed by atoms with E-state index in [4.69, 9.17) is 17.3 Å². The van der Waals surface area contributed by atoms with Gasteiger partial charge >= 0.3 is 5.97 Å². The molecule has 0 spiro atoms. The number of nitrogens with zero attached hydrogens (tertiary/aromatic N) is 1. The SMILES string of the molecule is O=C(O)CCCN1C(=O)/C(=C/CCc2ccccc2)SC1=S. The summed E-state index contributed by atoms with van der Waals surface area (Å²) >= 11 is 6.49. The number of allylic oxidation sites excluding steroid dienone is 1. The lowest BCUT2D eigenvalue weighted by molar-refractivity contribution is -0.137. The lowest BCUT2D eigenvalue weighted by atomic mass is 10.1. The van der Waals surface area contributed by atoms with Crippen LogP contribution in [0.3, 0.4) is 0 Å². The molecule has 22 heavy (non-hydrogen) atoms.